The Hall–Kier alpha value is -2.51. The maximum Gasteiger partial charge on any atom is 0.255 e. The first kappa shape index (κ1) is 20.2. The van der Waals surface area contributed by atoms with Crippen LogP contribution in [0.4, 0.5) is 4.39 Å². The van der Waals surface area contributed by atoms with Crippen molar-refractivity contribution in [2.24, 2.45) is 0 Å². The summed E-state index contributed by atoms with van der Waals surface area (Å²) in [6.07, 6.45) is 6.50. The maximum atomic E-state index is 12.9. The molecule has 2 aliphatic rings. The SMILES string of the molecule is O.O=C(c1ccc(Oc2ccc(F)cc2)nc1)N1CCCN(C2CCC2)CC1. The van der Waals surface area contributed by atoms with Gasteiger partial charge in [-0.05, 0) is 49.6 Å². The summed E-state index contributed by atoms with van der Waals surface area (Å²) >= 11 is 0. The van der Waals surface area contributed by atoms with Gasteiger partial charge in [-0.25, -0.2) is 9.37 Å². The minimum atomic E-state index is -0.315. The van der Waals surface area contributed by atoms with E-state index < -0.39 is 0 Å². The number of hydrogen-bond donors (Lipinski definition) is 0. The number of benzene rings is 1. The van der Waals surface area contributed by atoms with Crippen molar-refractivity contribution in [3.05, 3.63) is 54.0 Å². The van der Waals surface area contributed by atoms with Crippen LogP contribution in [0.5, 0.6) is 11.6 Å². The molecule has 2 heterocycles. The first-order chi connectivity index (χ1) is 13.2. The highest BCUT2D eigenvalue weighted by molar-refractivity contribution is 5.94. The summed E-state index contributed by atoms with van der Waals surface area (Å²) in [6.45, 7) is 3.59. The molecule has 1 saturated heterocycles. The van der Waals surface area contributed by atoms with E-state index in [0.717, 1.165) is 38.6 Å². The van der Waals surface area contributed by atoms with Crippen molar-refractivity contribution in [1.82, 2.24) is 14.8 Å². The van der Waals surface area contributed by atoms with Gasteiger partial charge in [-0.15, -0.1) is 0 Å². The Bertz CT molecular complexity index is 778. The standard InChI is InChI=1S/C21H24FN3O2.H2O/c22-17-6-8-19(9-7-17)27-20-10-5-16(15-23-20)21(26)25-12-2-11-24(13-14-25)18-3-1-4-18;/h5-10,15,18H,1-4,11-14H2;1H2. The highest BCUT2D eigenvalue weighted by Gasteiger charge is 2.28. The topological polar surface area (TPSA) is 77.2 Å². The quantitative estimate of drug-likeness (QED) is 0.808. The average molecular weight is 387 g/mol. The molecule has 2 fully saturated rings. The van der Waals surface area contributed by atoms with Gasteiger partial charge in [0.1, 0.15) is 11.6 Å². The second-order valence-electron chi connectivity index (χ2n) is 7.21. The number of carbonyl (C=O) groups is 1. The molecule has 1 aliphatic heterocycles. The van der Waals surface area contributed by atoms with Crippen LogP contribution in [-0.4, -0.2) is 58.4 Å². The lowest BCUT2D eigenvalue weighted by molar-refractivity contribution is 0.0749. The highest BCUT2D eigenvalue weighted by atomic mass is 19.1. The van der Waals surface area contributed by atoms with Gasteiger partial charge in [0.15, 0.2) is 0 Å². The third-order valence-corrected chi connectivity index (χ3v) is 5.43. The van der Waals surface area contributed by atoms with Gasteiger partial charge >= 0.3 is 0 Å². The largest absolute Gasteiger partial charge is 0.439 e. The molecule has 0 atom stereocenters. The summed E-state index contributed by atoms with van der Waals surface area (Å²) in [6, 6.07) is 9.89. The molecule has 1 aromatic heterocycles. The Morgan fingerprint density at radius 3 is 2.43 bits per heavy atom. The van der Waals surface area contributed by atoms with E-state index in [4.69, 9.17) is 4.74 Å². The maximum absolute atomic E-state index is 12.9. The van der Waals surface area contributed by atoms with Crippen LogP contribution in [0.15, 0.2) is 42.6 Å². The Labute approximate surface area is 164 Å². The Kier molecular flexibility index (Phi) is 6.59. The Balaban J connectivity index is 0.00000225. The number of ether oxygens (including phenoxy) is 1. The van der Waals surface area contributed by atoms with Crippen LogP contribution in [0.3, 0.4) is 0 Å². The number of hydrogen-bond acceptors (Lipinski definition) is 4. The van der Waals surface area contributed by atoms with E-state index in [1.807, 2.05) is 4.90 Å². The molecule has 0 unspecified atom stereocenters. The molecule has 6 nitrogen and oxygen atoms in total. The Morgan fingerprint density at radius 2 is 1.79 bits per heavy atom. The fraction of sp³-hybridized carbons (Fsp3) is 0.429. The van der Waals surface area contributed by atoms with Gasteiger partial charge in [0.2, 0.25) is 5.88 Å². The van der Waals surface area contributed by atoms with Gasteiger partial charge in [-0.2, -0.15) is 0 Å². The lowest BCUT2D eigenvalue weighted by atomic mass is 9.91. The summed E-state index contributed by atoms with van der Waals surface area (Å²) in [7, 11) is 0. The summed E-state index contributed by atoms with van der Waals surface area (Å²) in [5, 5.41) is 0. The summed E-state index contributed by atoms with van der Waals surface area (Å²) in [5.74, 6) is 0.590. The molecule has 1 saturated carbocycles. The number of carbonyl (C=O) groups excluding carboxylic acids is 1. The van der Waals surface area contributed by atoms with Gasteiger partial charge < -0.3 is 15.1 Å². The van der Waals surface area contributed by atoms with Crippen molar-refractivity contribution in [3.63, 3.8) is 0 Å². The molecule has 0 radical (unpaired) electrons. The zero-order valence-electron chi connectivity index (χ0n) is 15.8. The van der Waals surface area contributed by atoms with E-state index in [1.54, 1.807) is 30.5 Å². The smallest absolute Gasteiger partial charge is 0.255 e. The van der Waals surface area contributed by atoms with Gasteiger partial charge in [-0.3, -0.25) is 9.69 Å². The van der Waals surface area contributed by atoms with Crippen molar-refractivity contribution in [2.75, 3.05) is 26.2 Å². The van der Waals surface area contributed by atoms with E-state index in [9.17, 15) is 9.18 Å². The third kappa shape index (κ3) is 4.66. The van der Waals surface area contributed by atoms with E-state index in [2.05, 4.69) is 9.88 Å². The van der Waals surface area contributed by atoms with Crippen LogP contribution < -0.4 is 4.74 Å². The molecule has 28 heavy (non-hydrogen) atoms. The zero-order chi connectivity index (χ0) is 18.6. The molecule has 4 rings (SSSR count). The molecule has 0 bridgehead atoms. The average Bonchev–Trinajstić information content (AvgIpc) is 2.88. The lowest BCUT2D eigenvalue weighted by Gasteiger charge is -2.36. The fourth-order valence-corrected chi connectivity index (χ4v) is 3.63. The first-order valence-corrected chi connectivity index (χ1v) is 9.62. The first-order valence-electron chi connectivity index (χ1n) is 9.62. The van der Waals surface area contributed by atoms with Crippen molar-refractivity contribution >= 4 is 5.91 Å². The molecular formula is C21H26FN3O3. The van der Waals surface area contributed by atoms with Crippen LogP contribution in [-0.2, 0) is 0 Å². The van der Waals surface area contributed by atoms with E-state index in [0.29, 0.717) is 17.2 Å². The van der Waals surface area contributed by atoms with Crippen molar-refractivity contribution in [1.29, 1.82) is 0 Å². The molecule has 1 amide bonds. The van der Waals surface area contributed by atoms with E-state index >= 15 is 0 Å². The monoisotopic (exact) mass is 387 g/mol. The fourth-order valence-electron chi connectivity index (χ4n) is 3.63. The van der Waals surface area contributed by atoms with Gasteiger partial charge in [0.05, 0.1) is 5.56 Å². The number of nitrogens with zero attached hydrogens (tertiary/aromatic N) is 3. The number of amides is 1. The van der Waals surface area contributed by atoms with Gasteiger partial charge in [0.25, 0.3) is 5.91 Å². The van der Waals surface area contributed by atoms with Crippen LogP contribution >= 0.6 is 0 Å². The number of aromatic nitrogens is 1. The minimum Gasteiger partial charge on any atom is -0.439 e. The van der Waals surface area contributed by atoms with Crippen molar-refractivity contribution in [3.8, 4) is 11.6 Å². The van der Waals surface area contributed by atoms with Gasteiger partial charge in [-0.1, -0.05) is 6.42 Å². The molecule has 150 valence electrons. The zero-order valence-corrected chi connectivity index (χ0v) is 15.8. The minimum absolute atomic E-state index is 0. The van der Waals surface area contributed by atoms with Crippen LogP contribution in [0, 0.1) is 5.82 Å². The summed E-state index contributed by atoms with van der Waals surface area (Å²) < 4.78 is 18.5. The molecular weight excluding hydrogens is 361 g/mol. The van der Waals surface area contributed by atoms with Crippen molar-refractivity contribution in [2.45, 2.75) is 31.7 Å². The molecule has 2 aromatic rings. The predicted molar refractivity (Wildman–Crippen MR) is 104 cm³/mol. The molecule has 7 heteroatoms. The molecule has 1 aliphatic carbocycles. The Morgan fingerprint density at radius 1 is 1.00 bits per heavy atom. The van der Waals surface area contributed by atoms with Crippen LogP contribution in [0.2, 0.25) is 0 Å². The lowest BCUT2D eigenvalue weighted by Crippen LogP contribution is -2.42. The third-order valence-electron chi connectivity index (χ3n) is 5.43. The van der Waals surface area contributed by atoms with Crippen LogP contribution in [0.1, 0.15) is 36.0 Å². The number of halogens is 1. The summed E-state index contributed by atoms with van der Waals surface area (Å²) in [4.78, 5) is 21.5. The second kappa shape index (κ2) is 9.12. The second-order valence-corrected chi connectivity index (χ2v) is 7.21. The number of pyridine rings is 1. The molecule has 0 spiro atoms. The predicted octanol–water partition coefficient (Wildman–Crippen LogP) is 2.89. The molecule has 2 N–H and O–H groups in total. The highest BCUT2D eigenvalue weighted by Crippen LogP contribution is 2.26. The number of rotatable bonds is 4. The van der Waals surface area contributed by atoms with Crippen molar-refractivity contribution < 1.29 is 19.4 Å². The van der Waals surface area contributed by atoms with Gasteiger partial charge in [0, 0.05) is 44.5 Å². The normalized spacial score (nSPS) is 18.0. The van der Waals surface area contributed by atoms with Crippen LogP contribution in [0.25, 0.3) is 0 Å². The molecule has 1 aromatic carbocycles. The summed E-state index contributed by atoms with van der Waals surface area (Å²) in [5.41, 5.74) is 0.568. The van der Waals surface area contributed by atoms with E-state index in [-0.39, 0.29) is 17.2 Å². The van der Waals surface area contributed by atoms with E-state index in [1.165, 1.54) is 31.4 Å².